The predicted octanol–water partition coefficient (Wildman–Crippen LogP) is 2.63. The van der Waals surface area contributed by atoms with E-state index < -0.39 is 11.7 Å². The Morgan fingerprint density at radius 2 is 1.95 bits per heavy atom. The number of aliphatic hydroxyl groups excluding tert-OH is 1. The Labute approximate surface area is 122 Å². The van der Waals surface area contributed by atoms with Crippen LogP contribution in [0.3, 0.4) is 0 Å². The molecule has 1 aromatic carbocycles. The lowest BCUT2D eigenvalue weighted by molar-refractivity contribution is -0.137. The zero-order valence-electron chi connectivity index (χ0n) is 12.1. The van der Waals surface area contributed by atoms with Crippen molar-refractivity contribution in [3.05, 3.63) is 29.3 Å². The van der Waals surface area contributed by atoms with Crippen molar-refractivity contribution in [2.75, 3.05) is 31.6 Å². The number of hydrogen-bond acceptors (Lipinski definition) is 3. The summed E-state index contributed by atoms with van der Waals surface area (Å²) in [5.41, 5.74) is 0.301. The molecule has 0 bridgehead atoms. The smallest absolute Gasteiger partial charge is 0.396 e. The van der Waals surface area contributed by atoms with Gasteiger partial charge in [0, 0.05) is 31.9 Å². The highest BCUT2D eigenvalue weighted by Crippen LogP contribution is 2.38. The van der Waals surface area contributed by atoms with E-state index in [1.165, 1.54) is 6.07 Å². The number of benzene rings is 1. The number of rotatable bonds is 4. The van der Waals surface area contributed by atoms with E-state index in [4.69, 9.17) is 5.11 Å². The Kier molecular flexibility index (Phi) is 5.11. The third-order valence-electron chi connectivity index (χ3n) is 3.96. The molecule has 0 radical (unpaired) electrons. The lowest BCUT2D eigenvalue weighted by Crippen LogP contribution is -2.36. The maximum atomic E-state index is 13.3. The Morgan fingerprint density at radius 3 is 2.48 bits per heavy atom. The van der Waals surface area contributed by atoms with Crippen LogP contribution in [0.4, 0.5) is 18.9 Å². The Hall–Kier alpha value is -1.27. The van der Waals surface area contributed by atoms with Crippen molar-refractivity contribution in [3.63, 3.8) is 0 Å². The lowest BCUT2D eigenvalue weighted by Gasteiger charge is -2.34. The van der Waals surface area contributed by atoms with E-state index in [2.05, 4.69) is 5.32 Å². The molecule has 1 fully saturated rings. The monoisotopic (exact) mass is 302 g/mol. The summed E-state index contributed by atoms with van der Waals surface area (Å²) in [5.74, 6) is 0.208. The molecule has 0 aliphatic carbocycles. The normalized spacial score (nSPS) is 17.3. The van der Waals surface area contributed by atoms with Gasteiger partial charge in [0.15, 0.2) is 0 Å². The molecule has 0 saturated carbocycles. The topological polar surface area (TPSA) is 35.5 Å². The summed E-state index contributed by atoms with van der Waals surface area (Å²) in [6.07, 6.45) is -2.90. The molecule has 1 heterocycles. The van der Waals surface area contributed by atoms with Gasteiger partial charge in [0.2, 0.25) is 0 Å². The summed E-state index contributed by atoms with van der Waals surface area (Å²) in [6.45, 7) is 1.64. The molecular weight excluding hydrogens is 281 g/mol. The molecule has 0 unspecified atom stereocenters. The van der Waals surface area contributed by atoms with Gasteiger partial charge in [-0.05, 0) is 43.5 Å². The van der Waals surface area contributed by atoms with E-state index in [-0.39, 0.29) is 18.2 Å². The highest BCUT2D eigenvalue weighted by atomic mass is 19.4. The third-order valence-corrected chi connectivity index (χ3v) is 3.96. The van der Waals surface area contributed by atoms with Crippen LogP contribution >= 0.6 is 0 Å². The van der Waals surface area contributed by atoms with Crippen LogP contribution < -0.4 is 10.2 Å². The van der Waals surface area contributed by atoms with Crippen molar-refractivity contribution in [3.8, 4) is 0 Å². The first kappa shape index (κ1) is 16.1. The van der Waals surface area contributed by atoms with Crippen molar-refractivity contribution in [2.45, 2.75) is 25.6 Å². The van der Waals surface area contributed by atoms with Gasteiger partial charge in [-0.1, -0.05) is 6.07 Å². The highest BCUT2D eigenvalue weighted by Gasteiger charge is 2.35. The van der Waals surface area contributed by atoms with Crippen molar-refractivity contribution in [2.24, 2.45) is 5.92 Å². The lowest BCUT2D eigenvalue weighted by atomic mass is 9.96. The Morgan fingerprint density at radius 1 is 1.29 bits per heavy atom. The van der Waals surface area contributed by atoms with Crippen molar-refractivity contribution < 1.29 is 18.3 Å². The Balaban J connectivity index is 2.26. The molecule has 6 heteroatoms. The second-order valence-electron chi connectivity index (χ2n) is 5.49. The highest BCUT2D eigenvalue weighted by molar-refractivity contribution is 5.56. The number of alkyl halides is 3. The minimum atomic E-state index is -4.35. The van der Waals surface area contributed by atoms with Crippen LogP contribution in [0.5, 0.6) is 0 Å². The molecule has 1 aliphatic heterocycles. The van der Waals surface area contributed by atoms with Gasteiger partial charge in [-0.25, -0.2) is 0 Å². The number of hydrogen-bond donors (Lipinski definition) is 2. The van der Waals surface area contributed by atoms with Gasteiger partial charge in [0.05, 0.1) is 5.56 Å². The summed E-state index contributed by atoms with van der Waals surface area (Å²) in [4.78, 5) is 1.78. The van der Waals surface area contributed by atoms with Crippen molar-refractivity contribution in [1.29, 1.82) is 0 Å². The summed E-state index contributed by atoms with van der Waals surface area (Å²) >= 11 is 0. The molecule has 0 aromatic heterocycles. The first-order valence-electron chi connectivity index (χ1n) is 7.16. The van der Waals surface area contributed by atoms with Gasteiger partial charge in [-0.2, -0.15) is 13.2 Å². The first-order chi connectivity index (χ1) is 9.95. The molecule has 1 saturated heterocycles. The summed E-state index contributed by atoms with van der Waals surface area (Å²) in [5, 5.41) is 12.0. The predicted molar refractivity (Wildman–Crippen MR) is 76.2 cm³/mol. The van der Waals surface area contributed by atoms with Gasteiger partial charge < -0.3 is 15.3 Å². The molecular formula is C15H21F3N2O. The molecule has 2 rings (SSSR count). The van der Waals surface area contributed by atoms with E-state index in [0.717, 1.165) is 12.8 Å². The van der Waals surface area contributed by atoms with Gasteiger partial charge >= 0.3 is 6.18 Å². The zero-order chi connectivity index (χ0) is 15.5. The van der Waals surface area contributed by atoms with E-state index in [1.807, 2.05) is 0 Å². The van der Waals surface area contributed by atoms with Gasteiger partial charge in [0.25, 0.3) is 0 Å². The fraction of sp³-hybridized carbons (Fsp3) is 0.600. The maximum Gasteiger partial charge on any atom is 0.418 e. The second-order valence-corrected chi connectivity index (χ2v) is 5.49. The van der Waals surface area contributed by atoms with Crippen LogP contribution in [-0.4, -0.2) is 31.9 Å². The fourth-order valence-electron chi connectivity index (χ4n) is 2.76. The largest absolute Gasteiger partial charge is 0.418 e. The molecule has 0 spiro atoms. The summed E-state index contributed by atoms with van der Waals surface area (Å²) in [6, 6.07) is 4.53. The maximum absolute atomic E-state index is 13.3. The minimum Gasteiger partial charge on any atom is -0.396 e. The number of nitrogens with one attached hydrogen (secondary N) is 1. The molecule has 21 heavy (non-hydrogen) atoms. The van der Waals surface area contributed by atoms with E-state index in [9.17, 15) is 13.2 Å². The van der Waals surface area contributed by atoms with Crippen molar-refractivity contribution >= 4 is 5.69 Å². The Bertz CT molecular complexity index is 468. The number of piperidine rings is 1. The average Bonchev–Trinajstić information content (AvgIpc) is 2.47. The standard InChI is InChI=1S/C15H21F3N2O/c1-19-9-12-2-3-14(13(8-12)15(16,17)18)20-6-4-11(10-21)5-7-20/h2-3,8,11,19,21H,4-7,9-10H2,1H3. The first-order valence-corrected chi connectivity index (χ1v) is 7.16. The quantitative estimate of drug-likeness (QED) is 0.897. The van der Waals surface area contributed by atoms with E-state index in [1.54, 1.807) is 24.1 Å². The molecule has 0 amide bonds. The SMILES string of the molecule is CNCc1ccc(N2CCC(CO)CC2)c(C(F)(F)F)c1. The van der Waals surface area contributed by atoms with Crippen LogP contribution in [0, 0.1) is 5.92 Å². The summed E-state index contributed by atoms with van der Waals surface area (Å²) < 4.78 is 39.8. The number of nitrogens with zero attached hydrogens (tertiary/aromatic N) is 1. The van der Waals surface area contributed by atoms with Gasteiger partial charge in [-0.15, -0.1) is 0 Å². The van der Waals surface area contributed by atoms with Gasteiger partial charge in [0.1, 0.15) is 0 Å². The molecule has 0 atom stereocenters. The van der Waals surface area contributed by atoms with Crippen LogP contribution in [0.2, 0.25) is 0 Å². The molecule has 3 nitrogen and oxygen atoms in total. The van der Waals surface area contributed by atoms with Gasteiger partial charge in [-0.3, -0.25) is 0 Å². The van der Waals surface area contributed by atoms with E-state index >= 15 is 0 Å². The van der Waals surface area contributed by atoms with E-state index in [0.29, 0.717) is 25.2 Å². The third kappa shape index (κ3) is 3.89. The van der Waals surface area contributed by atoms with Crippen LogP contribution in [0.15, 0.2) is 18.2 Å². The summed E-state index contributed by atoms with van der Waals surface area (Å²) in [7, 11) is 1.71. The number of halogens is 3. The van der Waals surface area contributed by atoms with Crippen LogP contribution in [0.1, 0.15) is 24.0 Å². The fourth-order valence-corrected chi connectivity index (χ4v) is 2.76. The second kappa shape index (κ2) is 6.66. The minimum absolute atomic E-state index is 0.112. The molecule has 2 N–H and O–H groups in total. The number of anilines is 1. The van der Waals surface area contributed by atoms with Crippen LogP contribution in [-0.2, 0) is 12.7 Å². The number of aliphatic hydroxyl groups is 1. The molecule has 1 aromatic rings. The van der Waals surface area contributed by atoms with Crippen LogP contribution in [0.25, 0.3) is 0 Å². The zero-order valence-corrected chi connectivity index (χ0v) is 12.1. The molecule has 1 aliphatic rings. The average molecular weight is 302 g/mol. The molecule has 118 valence electrons. The van der Waals surface area contributed by atoms with Crippen molar-refractivity contribution in [1.82, 2.24) is 5.32 Å².